The van der Waals surface area contributed by atoms with Crippen LogP contribution in [0.2, 0.25) is 0 Å². The van der Waals surface area contributed by atoms with Gasteiger partial charge in [0.25, 0.3) is 5.91 Å². The molecule has 0 radical (unpaired) electrons. The van der Waals surface area contributed by atoms with Crippen molar-refractivity contribution in [3.63, 3.8) is 0 Å². The van der Waals surface area contributed by atoms with Gasteiger partial charge in [0, 0.05) is 25.0 Å². The first-order valence-electron chi connectivity index (χ1n) is 8.36. The first-order chi connectivity index (χ1) is 11.1. The van der Waals surface area contributed by atoms with Gasteiger partial charge in [0.15, 0.2) is 0 Å². The normalized spacial score (nSPS) is 17.0. The summed E-state index contributed by atoms with van der Waals surface area (Å²) < 4.78 is 31.3. The fourth-order valence-corrected chi connectivity index (χ4v) is 4.24. The highest BCUT2D eigenvalue weighted by Gasteiger charge is 2.29. The number of aryl methyl sites for hydroxylation is 1. The number of sulfonamides is 1. The Hall–Kier alpha value is -1.41. The van der Waals surface area contributed by atoms with Crippen LogP contribution in [0, 0.1) is 6.92 Å². The highest BCUT2D eigenvalue weighted by atomic mass is 32.2. The fourth-order valence-electron chi connectivity index (χ4n) is 2.81. The summed E-state index contributed by atoms with van der Waals surface area (Å²) in [6.07, 6.45) is 2.88. The largest absolute Gasteiger partial charge is 0.361 e. The summed E-state index contributed by atoms with van der Waals surface area (Å²) in [4.78, 5) is 12.4. The summed E-state index contributed by atoms with van der Waals surface area (Å²) in [7, 11) is -3.32. The van der Waals surface area contributed by atoms with Crippen LogP contribution < -0.4 is 5.32 Å². The van der Waals surface area contributed by atoms with Crippen LogP contribution in [-0.4, -0.2) is 49.2 Å². The van der Waals surface area contributed by atoms with Crippen LogP contribution in [0.3, 0.4) is 0 Å². The van der Waals surface area contributed by atoms with E-state index >= 15 is 0 Å². The zero-order valence-electron chi connectivity index (χ0n) is 14.9. The van der Waals surface area contributed by atoms with E-state index < -0.39 is 10.0 Å². The van der Waals surface area contributed by atoms with Crippen molar-refractivity contribution >= 4 is 15.9 Å². The van der Waals surface area contributed by atoms with E-state index in [1.54, 1.807) is 6.92 Å². The van der Waals surface area contributed by atoms with Crippen LogP contribution in [0.5, 0.6) is 0 Å². The van der Waals surface area contributed by atoms with Crippen molar-refractivity contribution in [1.82, 2.24) is 14.8 Å². The monoisotopic (exact) mass is 357 g/mol. The molecule has 1 fully saturated rings. The molecule has 1 amide bonds. The zero-order valence-corrected chi connectivity index (χ0v) is 15.7. The minimum absolute atomic E-state index is 0.0753. The average Bonchev–Trinajstić information content (AvgIpc) is 2.90. The van der Waals surface area contributed by atoms with E-state index in [4.69, 9.17) is 4.52 Å². The van der Waals surface area contributed by atoms with Gasteiger partial charge >= 0.3 is 0 Å². The van der Waals surface area contributed by atoms with E-state index in [-0.39, 0.29) is 23.6 Å². The highest BCUT2D eigenvalue weighted by molar-refractivity contribution is 7.89. The molecule has 0 aliphatic carbocycles. The highest BCUT2D eigenvalue weighted by Crippen LogP contribution is 2.26. The summed E-state index contributed by atoms with van der Waals surface area (Å²) in [6, 6.07) is 0. The fraction of sp³-hybridized carbons (Fsp3) is 0.750. The third-order valence-corrected chi connectivity index (χ3v) is 6.03. The van der Waals surface area contributed by atoms with Crippen LogP contribution >= 0.6 is 0 Å². The molecule has 0 unspecified atom stereocenters. The molecule has 1 saturated heterocycles. The second kappa shape index (κ2) is 7.23. The smallest absolute Gasteiger partial charge is 0.256 e. The Morgan fingerprint density at radius 1 is 1.25 bits per heavy atom. The minimum Gasteiger partial charge on any atom is -0.361 e. The Balaban J connectivity index is 1.98. The van der Waals surface area contributed by atoms with Crippen LogP contribution in [-0.2, 0) is 15.4 Å². The molecule has 1 aromatic heterocycles. The number of hydrogen-bond donors (Lipinski definition) is 1. The number of amides is 1. The number of hydrogen-bond acceptors (Lipinski definition) is 5. The van der Waals surface area contributed by atoms with E-state index in [0.29, 0.717) is 30.1 Å². The van der Waals surface area contributed by atoms with Crippen molar-refractivity contribution in [2.24, 2.45) is 0 Å². The lowest BCUT2D eigenvalue weighted by atomic mass is 9.88. The molecule has 0 aromatic carbocycles. The Morgan fingerprint density at radius 3 is 2.46 bits per heavy atom. The van der Waals surface area contributed by atoms with E-state index in [2.05, 4.69) is 10.5 Å². The lowest BCUT2D eigenvalue weighted by Crippen LogP contribution is -2.40. The molecule has 136 valence electrons. The van der Waals surface area contributed by atoms with Crippen molar-refractivity contribution in [2.75, 3.05) is 25.4 Å². The third kappa shape index (κ3) is 4.36. The molecule has 24 heavy (non-hydrogen) atoms. The molecule has 2 rings (SSSR count). The van der Waals surface area contributed by atoms with Gasteiger partial charge in [-0.05, 0) is 19.8 Å². The van der Waals surface area contributed by atoms with Gasteiger partial charge in [-0.15, -0.1) is 0 Å². The predicted octanol–water partition coefficient (Wildman–Crippen LogP) is 1.83. The van der Waals surface area contributed by atoms with Crippen molar-refractivity contribution in [3.8, 4) is 0 Å². The molecule has 1 aliphatic heterocycles. The van der Waals surface area contributed by atoms with Gasteiger partial charge in [0.05, 0.1) is 5.75 Å². The molecule has 0 atom stereocenters. The summed E-state index contributed by atoms with van der Waals surface area (Å²) in [6.45, 7) is 8.75. The average molecular weight is 357 g/mol. The second-order valence-corrected chi connectivity index (χ2v) is 9.33. The maximum absolute atomic E-state index is 12.4. The van der Waals surface area contributed by atoms with Crippen molar-refractivity contribution in [3.05, 3.63) is 17.0 Å². The van der Waals surface area contributed by atoms with Gasteiger partial charge in [-0.25, -0.2) is 12.7 Å². The second-order valence-electron chi connectivity index (χ2n) is 7.24. The van der Waals surface area contributed by atoms with Crippen molar-refractivity contribution in [1.29, 1.82) is 0 Å². The lowest BCUT2D eigenvalue weighted by Gasteiger charge is -2.25. The third-order valence-electron chi connectivity index (χ3n) is 4.15. The number of rotatable bonds is 5. The molecule has 1 N–H and O–H groups in total. The number of nitrogens with one attached hydrogen (secondary N) is 1. The maximum Gasteiger partial charge on any atom is 0.256 e. The summed E-state index contributed by atoms with van der Waals surface area (Å²) in [5.41, 5.74) is 0.652. The predicted molar refractivity (Wildman–Crippen MR) is 91.5 cm³/mol. The van der Waals surface area contributed by atoms with Crippen LogP contribution in [0.25, 0.3) is 0 Å². The summed E-state index contributed by atoms with van der Waals surface area (Å²) in [5, 5.41) is 6.66. The molecule has 1 aliphatic rings. The molecule has 8 heteroatoms. The van der Waals surface area contributed by atoms with E-state index in [9.17, 15) is 13.2 Å². The lowest BCUT2D eigenvalue weighted by molar-refractivity contribution is 0.0952. The molecular formula is C16H27N3O4S. The van der Waals surface area contributed by atoms with E-state index in [1.165, 1.54) is 4.31 Å². The van der Waals surface area contributed by atoms with Crippen molar-refractivity contribution in [2.45, 2.75) is 52.4 Å². The Kier molecular flexibility index (Phi) is 5.70. The summed E-state index contributed by atoms with van der Waals surface area (Å²) in [5.74, 6) is 0.0114. The molecule has 1 aromatic rings. The van der Waals surface area contributed by atoms with Gasteiger partial charge in [0.1, 0.15) is 17.0 Å². The first kappa shape index (κ1) is 18.9. The number of piperidine rings is 1. The molecule has 0 saturated carbocycles. The first-order valence-corrected chi connectivity index (χ1v) is 9.96. The number of carbonyl (C=O) groups is 1. The molecule has 2 heterocycles. The van der Waals surface area contributed by atoms with E-state index in [0.717, 1.165) is 19.3 Å². The van der Waals surface area contributed by atoms with Gasteiger partial charge < -0.3 is 9.84 Å². The van der Waals surface area contributed by atoms with E-state index in [1.807, 2.05) is 20.8 Å². The maximum atomic E-state index is 12.4. The SMILES string of the molecule is Cc1onc(C(C)(C)C)c1C(=O)NCCS(=O)(=O)N1CCCCC1. The Bertz CT molecular complexity index is 683. The van der Waals surface area contributed by atoms with Crippen LogP contribution in [0.1, 0.15) is 61.8 Å². The molecular weight excluding hydrogens is 330 g/mol. The van der Waals surface area contributed by atoms with Gasteiger partial charge in [-0.3, -0.25) is 4.79 Å². The van der Waals surface area contributed by atoms with Gasteiger partial charge in [-0.1, -0.05) is 32.3 Å². The quantitative estimate of drug-likeness (QED) is 0.868. The van der Waals surface area contributed by atoms with Gasteiger partial charge in [-0.2, -0.15) is 0 Å². The van der Waals surface area contributed by atoms with Crippen molar-refractivity contribution < 1.29 is 17.7 Å². The number of aromatic nitrogens is 1. The number of nitrogens with zero attached hydrogens (tertiary/aromatic N) is 2. The van der Waals surface area contributed by atoms with Crippen LogP contribution in [0.4, 0.5) is 0 Å². The molecule has 7 nitrogen and oxygen atoms in total. The topological polar surface area (TPSA) is 92.5 Å². The Labute approximate surface area is 143 Å². The molecule has 0 bridgehead atoms. The van der Waals surface area contributed by atoms with Crippen LogP contribution in [0.15, 0.2) is 4.52 Å². The Morgan fingerprint density at radius 2 is 1.88 bits per heavy atom. The molecule has 0 spiro atoms. The number of carbonyl (C=O) groups excluding carboxylic acids is 1. The van der Waals surface area contributed by atoms with Gasteiger partial charge in [0.2, 0.25) is 10.0 Å². The standard InChI is InChI=1S/C16H27N3O4S/c1-12-13(14(18-23-12)16(2,3)4)15(20)17-8-11-24(21,22)19-9-6-5-7-10-19/h5-11H2,1-4H3,(H,17,20). The zero-order chi connectivity index (χ0) is 18.0. The minimum atomic E-state index is -3.32. The summed E-state index contributed by atoms with van der Waals surface area (Å²) >= 11 is 0.